The van der Waals surface area contributed by atoms with Gasteiger partial charge in [0.1, 0.15) is 18.1 Å². The smallest absolute Gasteiger partial charge is 0.220 e. The van der Waals surface area contributed by atoms with Gasteiger partial charge in [-0.25, -0.2) is 0 Å². The molecule has 0 bridgehead atoms. The Morgan fingerprint density at radius 2 is 1.84 bits per heavy atom. The second-order valence-electron chi connectivity index (χ2n) is 6.35. The Hall–Kier alpha value is -2.49. The number of hydrogen-bond donors (Lipinski definition) is 1. The fraction of sp³-hybridized carbons (Fsp3) is 0.381. The van der Waals surface area contributed by atoms with Gasteiger partial charge < -0.3 is 14.8 Å². The summed E-state index contributed by atoms with van der Waals surface area (Å²) in [5, 5.41) is 2.99. The van der Waals surface area contributed by atoms with Gasteiger partial charge in [0.05, 0.1) is 13.2 Å². The zero-order valence-corrected chi connectivity index (χ0v) is 15.5. The summed E-state index contributed by atoms with van der Waals surface area (Å²) >= 11 is 0. The highest BCUT2D eigenvalue weighted by Gasteiger charge is 2.09. The van der Waals surface area contributed by atoms with Crippen LogP contribution in [0.2, 0.25) is 0 Å². The van der Waals surface area contributed by atoms with Gasteiger partial charge in [-0.15, -0.1) is 0 Å². The van der Waals surface area contributed by atoms with E-state index < -0.39 is 0 Å². The van der Waals surface area contributed by atoms with Crippen molar-refractivity contribution in [1.29, 1.82) is 0 Å². The summed E-state index contributed by atoms with van der Waals surface area (Å²) in [5.74, 6) is 1.77. The SMILES string of the molecule is COc1ccc(CCC(=O)N[C@@H](C)COc2ccccc2C)cc1C. The maximum Gasteiger partial charge on any atom is 0.220 e. The summed E-state index contributed by atoms with van der Waals surface area (Å²) in [4.78, 5) is 12.1. The maximum atomic E-state index is 12.1. The molecule has 0 fully saturated rings. The van der Waals surface area contributed by atoms with Crippen molar-refractivity contribution in [2.45, 2.75) is 39.7 Å². The van der Waals surface area contributed by atoms with Crippen LogP contribution in [0.5, 0.6) is 11.5 Å². The van der Waals surface area contributed by atoms with Crippen molar-refractivity contribution in [2.24, 2.45) is 0 Å². The topological polar surface area (TPSA) is 47.6 Å². The van der Waals surface area contributed by atoms with Crippen molar-refractivity contribution in [3.63, 3.8) is 0 Å². The lowest BCUT2D eigenvalue weighted by molar-refractivity contribution is -0.121. The number of hydrogen-bond acceptors (Lipinski definition) is 3. The zero-order chi connectivity index (χ0) is 18.2. The quantitative estimate of drug-likeness (QED) is 0.794. The van der Waals surface area contributed by atoms with Crippen LogP contribution in [0.25, 0.3) is 0 Å². The van der Waals surface area contributed by atoms with E-state index >= 15 is 0 Å². The summed E-state index contributed by atoms with van der Waals surface area (Å²) in [7, 11) is 1.66. The Labute approximate surface area is 150 Å². The van der Waals surface area contributed by atoms with E-state index in [2.05, 4.69) is 11.4 Å². The number of amides is 1. The summed E-state index contributed by atoms with van der Waals surface area (Å²) < 4.78 is 11.0. The Kier molecular flexibility index (Phi) is 6.87. The lowest BCUT2D eigenvalue weighted by Crippen LogP contribution is -2.36. The van der Waals surface area contributed by atoms with Gasteiger partial charge in [0, 0.05) is 6.42 Å². The second kappa shape index (κ2) is 9.11. The molecule has 25 heavy (non-hydrogen) atoms. The van der Waals surface area contributed by atoms with E-state index in [9.17, 15) is 4.79 Å². The molecule has 0 aliphatic rings. The molecule has 0 aliphatic carbocycles. The number of benzene rings is 2. The van der Waals surface area contributed by atoms with Crippen molar-refractivity contribution in [2.75, 3.05) is 13.7 Å². The third kappa shape index (κ3) is 5.82. The molecule has 0 aromatic heterocycles. The van der Waals surface area contributed by atoms with Crippen LogP contribution in [0.1, 0.15) is 30.0 Å². The van der Waals surface area contributed by atoms with Crippen LogP contribution in [-0.4, -0.2) is 25.7 Å². The minimum atomic E-state index is -0.0373. The second-order valence-corrected chi connectivity index (χ2v) is 6.35. The minimum absolute atomic E-state index is 0.0364. The standard InChI is InChI=1S/C21H27NO3/c1-15-7-5-6-8-20(15)25-14-17(3)22-21(23)12-10-18-9-11-19(24-4)16(2)13-18/h5-9,11,13,17H,10,12,14H2,1-4H3,(H,22,23)/t17-/m0/s1. The molecule has 4 heteroatoms. The average molecular weight is 341 g/mol. The first-order valence-corrected chi connectivity index (χ1v) is 8.61. The number of rotatable bonds is 8. The molecule has 0 aliphatic heterocycles. The van der Waals surface area contributed by atoms with Gasteiger partial charge in [-0.3, -0.25) is 4.79 Å². The fourth-order valence-electron chi connectivity index (χ4n) is 2.68. The first kappa shape index (κ1) is 18.8. The monoisotopic (exact) mass is 341 g/mol. The van der Waals surface area contributed by atoms with Crippen molar-refractivity contribution >= 4 is 5.91 Å². The lowest BCUT2D eigenvalue weighted by atomic mass is 10.1. The molecule has 0 saturated heterocycles. The van der Waals surface area contributed by atoms with Crippen LogP contribution in [0.3, 0.4) is 0 Å². The van der Waals surface area contributed by atoms with E-state index in [4.69, 9.17) is 9.47 Å². The fourth-order valence-corrected chi connectivity index (χ4v) is 2.68. The van der Waals surface area contributed by atoms with Crippen molar-refractivity contribution in [1.82, 2.24) is 5.32 Å². The van der Waals surface area contributed by atoms with Gasteiger partial charge in [0.15, 0.2) is 0 Å². The molecular weight excluding hydrogens is 314 g/mol. The molecule has 0 saturated carbocycles. The van der Waals surface area contributed by atoms with Gasteiger partial charge in [-0.1, -0.05) is 30.3 Å². The molecule has 1 amide bonds. The van der Waals surface area contributed by atoms with E-state index in [1.165, 1.54) is 0 Å². The minimum Gasteiger partial charge on any atom is -0.496 e. The van der Waals surface area contributed by atoms with Crippen LogP contribution in [-0.2, 0) is 11.2 Å². The molecule has 0 spiro atoms. The molecule has 1 N–H and O–H groups in total. The highest BCUT2D eigenvalue weighted by Crippen LogP contribution is 2.19. The van der Waals surface area contributed by atoms with Crippen molar-refractivity contribution in [3.05, 3.63) is 59.2 Å². The van der Waals surface area contributed by atoms with E-state index in [0.717, 1.165) is 28.2 Å². The van der Waals surface area contributed by atoms with E-state index in [-0.39, 0.29) is 11.9 Å². The molecule has 4 nitrogen and oxygen atoms in total. The van der Waals surface area contributed by atoms with E-state index in [1.54, 1.807) is 7.11 Å². The molecule has 2 aromatic carbocycles. The predicted octanol–water partition coefficient (Wildman–Crippen LogP) is 3.83. The van der Waals surface area contributed by atoms with Crippen LogP contribution < -0.4 is 14.8 Å². The van der Waals surface area contributed by atoms with Crippen molar-refractivity contribution in [3.8, 4) is 11.5 Å². The molecule has 1 atom stereocenters. The number of para-hydroxylation sites is 1. The van der Waals surface area contributed by atoms with Gasteiger partial charge in [-0.05, 0) is 56.0 Å². The number of ether oxygens (including phenoxy) is 2. The zero-order valence-electron chi connectivity index (χ0n) is 15.5. The predicted molar refractivity (Wildman–Crippen MR) is 100 cm³/mol. The van der Waals surface area contributed by atoms with Gasteiger partial charge in [0.2, 0.25) is 5.91 Å². The molecule has 0 heterocycles. The van der Waals surface area contributed by atoms with Crippen LogP contribution in [0.15, 0.2) is 42.5 Å². The van der Waals surface area contributed by atoms with E-state index in [1.807, 2.05) is 57.2 Å². The Balaban J connectivity index is 1.76. The summed E-state index contributed by atoms with van der Waals surface area (Å²) in [6.07, 6.45) is 1.17. The third-order valence-electron chi connectivity index (χ3n) is 4.09. The number of methoxy groups -OCH3 is 1. The van der Waals surface area contributed by atoms with Crippen molar-refractivity contribution < 1.29 is 14.3 Å². The maximum absolute atomic E-state index is 12.1. The van der Waals surface area contributed by atoms with Gasteiger partial charge >= 0.3 is 0 Å². The highest BCUT2D eigenvalue weighted by atomic mass is 16.5. The Morgan fingerprint density at radius 3 is 2.52 bits per heavy atom. The van der Waals surface area contributed by atoms with Gasteiger partial charge in [0.25, 0.3) is 0 Å². The summed E-state index contributed by atoms with van der Waals surface area (Å²) in [5.41, 5.74) is 3.31. The number of aryl methyl sites for hydroxylation is 3. The largest absolute Gasteiger partial charge is 0.496 e. The molecule has 2 aromatic rings. The van der Waals surface area contributed by atoms with E-state index in [0.29, 0.717) is 19.4 Å². The Bertz CT molecular complexity index is 712. The lowest BCUT2D eigenvalue weighted by Gasteiger charge is -2.16. The summed E-state index contributed by atoms with van der Waals surface area (Å²) in [6, 6.07) is 13.9. The first-order chi connectivity index (χ1) is 12.0. The molecule has 0 radical (unpaired) electrons. The average Bonchev–Trinajstić information content (AvgIpc) is 2.59. The third-order valence-corrected chi connectivity index (χ3v) is 4.09. The number of carbonyl (C=O) groups excluding carboxylic acids is 1. The Morgan fingerprint density at radius 1 is 1.08 bits per heavy atom. The molecular formula is C21H27NO3. The normalized spacial score (nSPS) is 11.7. The number of carbonyl (C=O) groups is 1. The molecule has 2 rings (SSSR count). The van der Waals surface area contributed by atoms with Crippen LogP contribution in [0.4, 0.5) is 0 Å². The molecule has 0 unspecified atom stereocenters. The highest BCUT2D eigenvalue weighted by molar-refractivity contribution is 5.76. The van der Waals surface area contributed by atoms with Crippen LogP contribution >= 0.6 is 0 Å². The van der Waals surface area contributed by atoms with Gasteiger partial charge in [-0.2, -0.15) is 0 Å². The first-order valence-electron chi connectivity index (χ1n) is 8.61. The molecule has 134 valence electrons. The number of nitrogens with one attached hydrogen (secondary N) is 1. The summed E-state index contributed by atoms with van der Waals surface area (Å²) in [6.45, 7) is 6.43. The van der Waals surface area contributed by atoms with Crippen LogP contribution in [0, 0.1) is 13.8 Å².